The van der Waals surface area contributed by atoms with Crippen LogP contribution < -0.4 is 5.32 Å². The van der Waals surface area contributed by atoms with E-state index >= 15 is 0 Å². The lowest BCUT2D eigenvalue weighted by Crippen LogP contribution is -2.53. The lowest BCUT2D eigenvalue weighted by molar-refractivity contribution is -0.137. The molecule has 1 fully saturated rings. The highest BCUT2D eigenvalue weighted by atomic mass is 16.4. The van der Waals surface area contributed by atoms with E-state index in [9.17, 15) is 9.59 Å². The molecule has 0 aliphatic carbocycles. The van der Waals surface area contributed by atoms with Gasteiger partial charge in [-0.25, -0.2) is 0 Å². The molecule has 1 heterocycles. The summed E-state index contributed by atoms with van der Waals surface area (Å²) in [6.07, 6.45) is 1.77. The number of carboxylic acid groups (broad SMARTS) is 1. The molecule has 1 amide bonds. The van der Waals surface area contributed by atoms with Crippen LogP contribution in [0.25, 0.3) is 0 Å². The summed E-state index contributed by atoms with van der Waals surface area (Å²) < 4.78 is 0. The molecule has 128 valence electrons. The molecular formula is C17H32N2O3. The number of carboxylic acids is 1. The maximum atomic E-state index is 12.2. The molecule has 1 rings (SSSR count). The van der Waals surface area contributed by atoms with Crippen LogP contribution in [0.15, 0.2) is 0 Å². The topological polar surface area (TPSA) is 69.6 Å². The van der Waals surface area contributed by atoms with Gasteiger partial charge < -0.3 is 15.3 Å². The van der Waals surface area contributed by atoms with Gasteiger partial charge in [-0.2, -0.15) is 0 Å². The second-order valence-electron chi connectivity index (χ2n) is 8.07. The fraction of sp³-hybridized carbons (Fsp3) is 0.882. The molecule has 2 N–H and O–H groups in total. The Morgan fingerprint density at radius 2 is 1.91 bits per heavy atom. The lowest BCUT2D eigenvalue weighted by atomic mass is 9.88. The second kappa shape index (κ2) is 7.95. The van der Waals surface area contributed by atoms with Crippen molar-refractivity contribution in [3.63, 3.8) is 0 Å². The Balaban J connectivity index is 2.65. The van der Waals surface area contributed by atoms with Crippen LogP contribution >= 0.6 is 0 Å². The van der Waals surface area contributed by atoms with E-state index in [-0.39, 0.29) is 18.4 Å². The van der Waals surface area contributed by atoms with Crippen molar-refractivity contribution in [3.8, 4) is 0 Å². The Hall–Kier alpha value is -1.10. The molecule has 1 aliphatic heterocycles. The fourth-order valence-corrected chi connectivity index (χ4v) is 3.01. The highest BCUT2D eigenvalue weighted by Crippen LogP contribution is 2.23. The van der Waals surface area contributed by atoms with E-state index in [0.717, 1.165) is 26.1 Å². The van der Waals surface area contributed by atoms with Crippen LogP contribution in [0, 0.1) is 17.3 Å². The maximum Gasteiger partial charge on any atom is 0.303 e. The van der Waals surface area contributed by atoms with Crippen LogP contribution in [0.5, 0.6) is 0 Å². The third-order valence-electron chi connectivity index (χ3n) is 4.02. The summed E-state index contributed by atoms with van der Waals surface area (Å²) in [7, 11) is 0. The Kier molecular flexibility index (Phi) is 6.85. The van der Waals surface area contributed by atoms with Crippen molar-refractivity contribution in [3.05, 3.63) is 0 Å². The minimum Gasteiger partial charge on any atom is -0.481 e. The first-order valence-corrected chi connectivity index (χ1v) is 8.33. The number of nitrogens with zero attached hydrogens (tertiary/aromatic N) is 1. The van der Waals surface area contributed by atoms with E-state index < -0.39 is 11.4 Å². The van der Waals surface area contributed by atoms with E-state index in [4.69, 9.17) is 5.11 Å². The first-order valence-electron chi connectivity index (χ1n) is 8.33. The smallest absolute Gasteiger partial charge is 0.303 e. The molecule has 0 aromatic heterocycles. The highest BCUT2D eigenvalue weighted by molar-refractivity contribution is 5.81. The zero-order valence-corrected chi connectivity index (χ0v) is 14.7. The average Bonchev–Trinajstić information content (AvgIpc) is 2.34. The zero-order chi connectivity index (χ0) is 16.9. The van der Waals surface area contributed by atoms with Gasteiger partial charge in [0.1, 0.15) is 0 Å². The highest BCUT2D eigenvalue weighted by Gasteiger charge is 2.31. The van der Waals surface area contributed by atoms with Crippen molar-refractivity contribution in [2.45, 2.75) is 59.9 Å². The molecule has 22 heavy (non-hydrogen) atoms. The van der Waals surface area contributed by atoms with Gasteiger partial charge in [-0.15, -0.1) is 0 Å². The van der Waals surface area contributed by atoms with E-state index in [2.05, 4.69) is 24.1 Å². The van der Waals surface area contributed by atoms with Crippen LogP contribution in [-0.2, 0) is 9.59 Å². The van der Waals surface area contributed by atoms with Crippen LogP contribution in [-0.4, -0.2) is 47.6 Å². The monoisotopic (exact) mass is 312 g/mol. The zero-order valence-electron chi connectivity index (χ0n) is 14.7. The number of piperidine rings is 1. The van der Waals surface area contributed by atoms with Crippen LogP contribution in [0.2, 0.25) is 0 Å². The molecule has 1 saturated heterocycles. The van der Waals surface area contributed by atoms with Crippen LogP contribution in [0.4, 0.5) is 0 Å². The van der Waals surface area contributed by atoms with Gasteiger partial charge in [-0.05, 0) is 24.7 Å². The van der Waals surface area contributed by atoms with E-state index in [1.165, 1.54) is 0 Å². The summed E-state index contributed by atoms with van der Waals surface area (Å²) in [6.45, 7) is 12.9. The van der Waals surface area contributed by atoms with Gasteiger partial charge in [0.2, 0.25) is 5.91 Å². The van der Waals surface area contributed by atoms with Crippen molar-refractivity contribution in [1.29, 1.82) is 0 Å². The Bertz CT molecular complexity index is 388. The predicted octanol–water partition coefficient (Wildman–Crippen LogP) is 2.36. The quantitative estimate of drug-likeness (QED) is 0.790. The molecule has 2 atom stereocenters. The van der Waals surface area contributed by atoms with Gasteiger partial charge in [0.05, 0.1) is 0 Å². The van der Waals surface area contributed by atoms with Crippen molar-refractivity contribution in [2.24, 2.45) is 17.3 Å². The largest absolute Gasteiger partial charge is 0.481 e. The molecule has 0 radical (unpaired) electrons. The van der Waals surface area contributed by atoms with Crippen molar-refractivity contribution in [1.82, 2.24) is 10.2 Å². The first-order chi connectivity index (χ1) is 10.1. The average molecular weight is 312 g/mol. The van der Waals surface area contributed by atoms with Gasteiger partial charge >= 0.3 is 5.97 Å². The number of likely N-dealkylation sites (tertiary alicyclic amines) is 1. The number of aliphatic carboxylic acids is 1. The van der Waals surface area contributed by atoms with E-state index in [1.54, 1.807) is 0 Å². The minimum absolute atomic E-state index is 0.0703. The molecule has 0 spiro atoms. The molecule has 1 aliphatic rings. The molecular weight excluding hydrogens is 280 g/mol. The number of nitrogens with one attached hydrogen (secondary N) is 1. The van der Waals surface area contributed by atoms with E-state index in [0.29, 0.717) is 18.3 Å². The normalized spacial score (nSPS) is 23.5. The Labute approximate surface area is 134 Å². The van der Waals surface area contributed by atoms with Gasteiger partial charge in [-0.3, -0.25) is 9.59 Å². The molecule has 0 aromatic rings. The number of hydrogen-bond donors (Lipinski definition) is 2. The van der Waals surface area contributed by atoms with Gasteiger partial charge in [-0.1, -0.05) is 34.6 Å². The summed E-state index contributed by atoms with van der Waals surface area (Å²) in [5.74, 6) is 0.239. The number of carbonyl (C=O) groups excluding carboxylic acids is 1. The number of amides is 1. The molecule has 5 nitrogen and oxygen atoms in total. The minimum atomic E-state index is -0.740. The Morgan fingerprint density at radius 3 is 2.41 bits per heavy atom. The fourth-order valence-electron chi connectivity index (χ4n) is 3.01. The summed E-state index contributed by atoms with van der Waals surface area (Å²) in [6, 6.07) is 0.123. The van der Waals surface area contributed by atoms with Gasteiger partial charge in [0.25, 0.3) is 0 Å². The van der Waals surface area contributed by atoms with Gasteiger partial charge in [0, 0.05) is 37.5 Å². The van der Waals surface area contributed by atoms with E-state index in [1.807, 2.05) is 20.8 Å². The number of hydrogen-bond acceptors (Lipinski definition) is 3. The first kappa shape index (κ1) is 18.9. The molecule has 0 aromatic carbocycles. The summed E-state index contributed by atoms with van der Waals surface area (Å²) in [5.41, 5.74) is -0.392. The maximum absolute atomic E-state index is 12.2. The summed E-state index contributed by atoms with van der Waals surface area (Å²) >= 11 is 0. The number of carbonyl (C=O) groups is 2. The summed E-state index contributed by atoms with van der Waals surface area (Å²) in [5, 5.41) is 12.0. The standard InChI is InChI=1S/C17H32N2O3/c1-12(2)9-19-10-13(6-7-15(20)21)8-14(11-19)18-16(22)17(3,4)5/h12-14H,6-11H2,1-5H3,(H,18,22)(H,20,21). The number of rotatable bonds is 6. The van der Waals surface area contributed by atoms with Crippen molar-refractivity contribution in [2.75, 3.05) is 19.6 Å². The van der Waals surface area contributed by atoms with Crippen LogP contribution in [0.3, 0.4) is 0 Å². The molecule has 0 bridgehead atoms. The molecule has 2 unspecified atom stereocenters. The SMILES string of the molecule is CC(C)CN1CC(CCC(=O)O)CC(NC(=O)C(C)(C)C)C1. The summed E-state index contributed by atoms with van der Waals surface area (Å²) in [4.78, 5) is 25.4. The molecule has 0 saturated carbocycles. The lowest BCUT2D eigenvalue weighted by Gasteiger charge is -2.39. The van der Waals surface area contributed by atoms with Gasteiger partial charge in [0.15, 0.2) is 0 Å². The third kappa shape index (κ3) is 6.77. The Morgan fingerprint density at radius 1 is 1.27 bits per heavy atom. The van der Waals surface area contributed by atoms with Crippen LogP contribution in [0.1, 0.15) is 53.9 Å². The van der Waals surface area contributed by atoms with Crippen molar-refractivity contribution >= 4 is 11.9 Å². The predicted molar refractivity (Wildman–Crippen MR) is 87.6 cm³/mol. The van der Waals surface area contributed by atoms with Crippen molar-refractivity contribution < 1.29 is 14.7 Å². The third-order valence-corrected chi connectivity index (χ3v) is 4.02. The second-order valence-corrected chi connectivity index (χ2v) is 8.07. The molecule has 5 heteroatoms.